The number of hydrogen-bond donors (Lipinski definition) is 4. The van der Waals surface area contributed by atoms with Gasteiger partial charge in [-0.1, -0.05) is 30.3 Å². The average molecular weight is 417 g/mol. The summed E-state index contributed by atoms with van der Waals surface area (Å²) in [5, 5.41) is 8.13. The summed E-state index contributed by atoms with van der Waals surface area (Å²) in [6, 6.07) is 20.1. The van der Waals surface area contributed by atoms with Crippen LogP contribution in [-0.2, 0) is 4.79 Å². The van der Waals surface area contributed by atoms with Crippen molar-refractivity contribution in [2.24, 2.45) is 0 Å². The van der Waals surface area contributed by atoms with Gasteiger partial charge in [-0.3, -0.25) is 4.79 Å². The largest absolute Gasteiger partial charge is 0.338 e. The van der Waals surface area contributed by atoms with Gasteiger partial charge in [0.1, 0.15) is 11.6 Å². The zero-order valence-electron chi connectivity index (χ0n) is 16.5. The Kier molecular flexibility index (Phi) is 5.89. The molecule has 1 heterocycles. The van der Waals surface area contributed by atoms with Crippen molar-refractivity contribution in [1.29, 1.82) is 0 Å². The lowest BCUT2D eigenvalue weighted by molar-refractivity contribution is -0.116. The molecule has 0 aliphatic heterocycles. The number of fused-ring (bicyclic) bond motifs is 1. The number of H-pyrrole nitrogens is 1. The minimum atomic E-state index is -0.372. The third kappa shape index (κ3) is 5.24. The van der Waals surface area contributed by atoms with Crippen LogP contribution in [0.2, 0.25) is 0 Å². The number of carbonyl (C=O) groups is 2. The molecule has 0 aliphatic rings. The lowest BCUT2D eigenvalue weighted by Crippen LogP contribution is -2.31. The van der Waals surface area contributed by atoms with Crippen molar-refractivity contribution in [3.05, 3.63) is 78.6 Å². The molecule has 0 spiro atoms. The molecule has 1 aromatic heterocycles. The van der Waals surface area contributed by atoms with Crippen LogP contribution in [0.15, 0.2) is 72.8 Å². The normalized spacial score (nSPS) is 10.6. The molecule has 156 valence electrons. The van der Waals surface area contributed by atoms with E-state index >= 15 is 0 Å². The summed E-state index contributed by atoms with van der Waals surface area (Å²) in [7, 11) is 0. The lowest BCUT2D eigenvalue weighted by atomic mass is 10.2. The molecule has 0 bridgehead atoms. The number of aromatic amines is 1. The number of halogens is 1. The van der Waals surface area contributed by atoms with Crippen LogP contribution in [0.1, 0.15) is 6.42 Å². The molecule has 0 saturated heterocycles. The second-order valence-corrected chi connectivity index (χ2v) is 6.87. The van der Waals surface area contributed by atoms with Gasteiger partial charge in [0.05, 0.1) is 11.0 Å². The first-order valence-electron chi connectivity index (χ1n) is 9.72. The monoisotopic (exact) mass is 417 g/mol. The SMILES string of the molecule is O=C(CCNC(=O)Nc1ccccc1)Nc1ccc2nc(-c3cccc(F)c3)[nH]c2c1. The number of rotatable bonds is 6. The molecule has 4 N–H and O–H groups in total. The van der Waals surface area contributed by atoms with E-state index in [9.17, 15) is 14.0 Å². The van der Waals surface area contributed by atoms with E-state index in [-0.39, 0.29) is 30.7 Å². The number of anilines is 2. The summed E-state index contributed by atoms with van der Waals surface area (Å²) in [6.07, 6.45) is 0.123. The van der Waals surface area contributed by atoms with E-state index in [0.717, 1.165) is 5.52 Å². The molecule has 4 aromatic rings. The van der Waals surface area contributed by atoms with Crippen molar-refractivity contribution in [2.45, 2.75) is 6.42 Å². The van der Waals surface area contributed by atoms with Crippen molar-refractivity contribution in [3.63, 3.8) is 0 Å². The Labute approximate surface area is 177 Å². The zero-order chi connectivity index (χ0) is 21.6. The van der Waals surface area contributed by atoms with Crippen molar-refractivity contribution >= 4 is 34.3 Å². The van der Waals surface area contributed by atoms with Gasteiger partial charge in [-0.05, 0) is 42.5 Å². The number of benzene rings is 3. The maximum absolute atomic E-state index is 13.5. The summed E-state index contributed by atoms with van der Waals surface area (Å²) < 4.78 is 13.5. The van der Waals surface area contributed by atoms with Crippen LogP contribution in [0.3, 0.4) is 0 Å². The van der Waals surface area contributed by atoms with E-state index in [1.54, 1.807) is 42.5 Å². The molecule has 3 amide bonds. The topological polar surface area (TPSA) is 98.9 Å². The predicted octanol–water partition coefficient (Wildman–Crippen LogP) is 4.52. The highest BCUT2D eigenvalue weighted by Crippen LogP contribution is 2.23. The first-order chi connectivity index (χ1) is 15.1. The fraction of sp³-hybridized carbons (Fsp3) is 0.0870. The van der Waals surface area contributed by atoms with Gasteiger partial charge in [0.15, 0.2) is 0 Å². The Morgan fingerprint density at radius 1 is 0.903 bits per heavy atom. The highest BCUT2D eigenvalue weighted by atomic mass is 19.1. The van der Waals surface area contributed by atoms with Crippen LogP contribution in [-0.4, -0.2) is 28.5 Å². The van der Waals surface area contributed by atoms with Crippen molar-refractivity contribution in [2.75, 3.05) is 17.2 Å². The lowest BCUT2D eigenvalue weighted by Gasteiger charge is -2.08. The minimum Gasteiger partial charge on any atom is -0.338 e. The van der Waals surface area contributed by atoms with Crippen molar-refractivity contribution in [3.8, 4) is 11.4 Å². The Hall–Kier alpha value is -4.20. The van der Waals surface area contributed by atoms with E-state index in [0.29, 0.717) is 28.3 Å². The Morgan fingerprint density at radius 2 is 1.74 bits per heavy atom. The molecule has 7 nitrogen and oxygen atoms in total. The molecular formula is C23H20FN5O2. The Bertz CT molecular complexity index is 1220. The van der Waals surface area contributed by atoms with Crippen LogP contribution < -0.4 is 16.0 Å². The number of carbonyl (C=O) groups excluding carboxylic acids is 2. The fourth-order valence-electron chi connectivity index (χ4n) is 3.07. The first-order valence-corrected chi connectivity index (χ1v) is 9.72. The number of imidazole rings is 1. The molecule has 8 heteroatoms. The second kappa shape index (κ2) is 9.08. The van der Waals surface area contributed by atoms with E-state index in [2.05, 4.69) is 25.9 Å². The summed E-state index contributed by atoms with van der Waals surface area (Å²) in [4.78, 5) is 31.7. The highest BCUT2D eigenvalue weighted by molar-refractivity contribution is 5.94. The number of nitrogens with one attached hydrogen (secondary N) is 4. The van der Waals surface area contributed by atoms with Crippen LogP contribution in [0.25, 0.3) is 22.4 Å². The maximum Gasteiger partial charge on any atom is 0.319 e. The molecule has 4 rings (SSSR count). The molecular weight excluding hydrogens is 397 g/mol. The van der Waals surface area contributed by atoms with Crippen molar-refractivity contribution in [1.82, 2.24) is 15.3 Å². The smallest absolute Gasteiger partial charge is 0.319 e. The summed E-state index contributed by atoms with van der Waals surface area (Å²) in [5.41, 5.74) is 3.34. The molecule has 31 heavy (non-hydrogen) atoms. The van der Waals surface area contributed by atoms with Crippen LogP contribution in [0, 0.1) is 5.82 Å². The Balaban J connectivity index is 1.31. The van der Waals surface area contributed by atoms with Crippen molar-refractivity contribution < 1.29 is 14.0 Å². The number of hydrogen-bond acceptors (Lipinski definition) is 3. The third-order valence-electron chi connectivity index (χ3n) is 4.53. The standard InChI is InChI=1S/C23H20FN5O2/c24-16-6-4-5-15(13-16)22-28-19-10-9-18(14-20(19)29-22)26-21(30)11-12-25-23(31)27-17-7-2-1-3-8-17/h1-10,13-14H,11-12H2,(H,26,30)(H,28,29)(H2,25,27,31). The number of para-hydroxylation sites is 1. The van der Waals surface area contributed by atoms with E-state index < -0.39 is 0 Å². The maximum atomic E-state index is 13.5. The quantitative estimate of drug-likeness (QED) is 0.371. The summed E-state index contributed by atoms with van der Waals surface area (Å²) in [5.74, 6) is -0.0206. The van der Waals surface area contributed by atoms with E-state index in [1.807, 2.05) is 18.2 Å². The van der Waals surface area contributed by atoms with Gasteiger partial charge in [0.25, 0.3) is 0 Å². The van der Waals surface area contributed by atoms with Gasteiger partial charge in [-0.25, -0.2) is 14.2 Å². The summed E-state index contributed by atoms with van der Waals surface area (Å²) in [6.45, 7) is 0.195. The number of amides is 3. The minimum absolute atomic E-state index is 0.123. The molecule has 0 fully saturated rings. The van der Waals surface area contributed by atoms with Crippen LogP contribution in [0.4, 0.5) is 20.6 Å². The molecule has 0 unspecified atom stereocenters. The average Bonchev–Trinajstić information content (AvgIpc) is 3.18. The second-order valence-electron chi connectivity index (χ2n) is 6.87. The third-order valence-corrected chi connectivity index (χ3v) is 4.53. The molecule has 0 atom stereocenters. The van der Waals surface area contributed by atoms with E-state index in [4.69, 9.17) is 0 Å². The number of aromatic nitrogens is 2. The van der Waals surface area contributed by atoms with Gasteiger partial charge >= 0.3 is 6.03 Å². The fourth-order valence-corrected chi connectivity index (χ4v) is 3.07. The first kappa shape index (κ1) is 20.1. The summed E-state index contributed by atoms with van der Waals surface area (Å²) >= 11 is 0. The van der Waals surface area contributed by atoms with Gasteiger partial charge < -0.3 is 20.9 Å². The predicted molar refractivity (Wildman–Crippen MR) is 118 cm³/mol. The van der Waals surface area contributed by atoms with Gasteiger partial charge in [0.2, 0.25) is 5.91 Å². The highest BCUT2D eigenvalue weighted by Gasteiger charge is 2.09. The van der Waals surface area contributed by atoms with Gasteiger partial charge in [0, 0.05) is 29.9 Å². The molecule has 0 saturated carbocycles. The zero-order valence-corrected chi connectivity index (χ0v) is 16.5. The van der Waals surface area contributed by atoms with Gasteiger partial charge in [-0.15, -0.1) is 0 Å². The van der Waals surface area contributed by atoms with Gasteiger partial charge in [-0.2, -0.15) is 0 Å². The number of nitrogens with zero attached hydrogens (tertiary/aromatic N) is 1. The Morgan fingerprint density at radius 3 is 2.55 bits per heavy atom. The molecule has 0 radical (unpaired) electrons. The van der Waals surface area contributed by atoms with Crippen LogP contribution in [0.5, 0.6) is 0 Å². The number of urea groups is 1. The molecule has 0 aliphatic carbocycles. The van der Waals surface area contributed by atoms with E-state index in [1.165, 1.54) is 12.1 Å². The van der Waals surface area contributed by atoms with Crippen LogP contribution >= 0.6 is 0 Å². The molecule has 3 aromatic carbocycles.